The van der Waals surface area contributed by atoms with Gasteiger partial charge in [-0.2, -0.15) is 0 Å². The standard InChI is InChI=1S/C34H34FN3O5/c1-23-7-6-8-30(37-19-4-3-5-20-37)33(23)38(26-12-16-28(17-13-26)43-27-14-10-25(35)11-15-27)36-32(39)22-24-9-18-29(34(40)41)31(21-24)42-2/h6-18,21H,3-5,19-20,22H2,1-2H3,(H,36,39)(H,40,41). The molecule has 8 nitrogen and oxygen atoms in total. The summed E-state index contributed by atoms with van der Waals surface area (Å²) in [5.41, 5.74) is 7.33. The number of aryl methyl sites for hydroxylation is 1. The number of hydrogen-bond acceptors (Lipinski definition) is 6. The number of aromatic carboxylic acids is 1. The average Bonchev–Trinajstić information content (AvgIpc) is 3.02. The second-order valence-electron chi connectivity index (χ2n) is 10.4. The number of para-hydroxylation sites is 1. The van der Waals surface area contributed by atoms with Crippen molar-refractivity contribution in [3.05, 3.63) is 107 Å². The van der Waals surface area contributed by atoms with Crippen molar-refractivity contribution in [2.24, 2.45) is 0 Å². The number of rotatable bonds is 10. The highest BCUT2D eigenvalue weighted by atomic mass is 19.1. The van der Waals surface area contributed by atoms with E-state index in [4.69, 9.17) is 9.47 Å². The van der Waals surface area contributed by atoms with Crippen molar-refractivity contribution in [3.63, 3.8) is 0 Å². The third-order valence-electron chi connectivity index (χ3n) is 7.38. The molecule has 222 valence electrons. The Morgan fingerprint density at radius 3 is 2.26 bits per heavy atom. The van der Waals surface area contributed by atoms with Crippen LogP contribution in [0.1, 0.15) is 40.7 Å². The molecule has 0 aromatic heterocycles. The summed E-state index contributed by atoms with van der Waals surface area (Å²) >= 11 is 0. The summed E-state index contributed by atoms with van der Waals surface area (Å²) in [7, 11) is 1.40. The van der Waals surface area contributed by atoms with Crippen LogP contribution < -0.4 is 24.8 Å². The van der Waals surface area contributed by atoms with Crippen LogP contribution in [-0.4, -0.2) is 37.2 Å². The van der Waals surface area contributed by atoms with Gasteiger partial charge in [-0.1, -0.05) is 18.2 Å². The van der Waals surface area contributed by atoms with Gasteiger partial charge in [-0.3, -0.25) is 15.2 Å². The number of nitrogens with one attached hydrogen (secondary N) is 1. The highest BCUT2D eigenvalue weighted by molar-refractivity contribution is 5.91. The van der Waals surface area contributed by atoms with Crippen molar-refractivity contribution in [2.45, 2.75) is 32.6 Å². The maximum atomic E-state index is 13.5. The molecule has 0 saturated carbocycles. The van der Waals surface area contributed by atoms with Crippen molar-refractivity contribution in [1.29, 1.82) is 0 Å². The van der Waals surface area contributed by atoms with Gasteiger partial charge in [0, 0.05) is 13.1 Å². The van der Waals surface area contributed by atoms with E-state index in [1.54, 1.807) is 41.4 Å². The average molecular weight is 584 g/mol. The first-order valence-corrected chi connectivity index (χ1v) is 14.2. The molecule has 1 heterocycles. The number of halogens is 1. The molecule has 1 saturated heterocycles. The normalized spacial score (nSPS) is 12.9. The molecule has 1 aliphatic heterocycles. The fourth-order valence-corrected chi connectivity index (χ4v) is 5.25. The summed E-state index contributed by atoms with van der Waals surface area (Å²) in [5.74, 6) is -0.464. The van der Waals surface area contributed by atoms with Gasteiger partial charge in [0.05, 0.1) is 30.6 Å². The first kappa shape index (κ1) is 29.4. The Labute approximate surface area is 250 Å². The summed E-state index contributed by atoms with van der Waals surface area (Å²) in [6.45, 7) is 3.88. The lowest BCUT2D eigenvalue weighted by molar-refractivity contribution is -0.120. The van der Waals surface area contributed by atoms with Gasteiger partial charge >= 0.3 is 5.97 Å². The summed E-state index contributed by atoms with van der Waals surface area (Å²) in [5, 5.41) is 11.2. The van der Waals surface area contributed by atoms with E-state index in [0.717, 1.165) is 42.9 Å². The van der Waals surface area contributed by atoms with Crippen LogP contribution in [0.2, 0.25) is 0 Å². The van der Waals surface area contributed by atoms with Crippen molar-refractivity contribution >= 4 is 28.9 Å². The zero-order chi connectivity index (χ0) is 30.3. The molecule has 0 atom stereocenters. The topological polar surface area (TPSA) is 91.3 Å². The molecule has 1 aliphatic rings. The van der Waals surface area contributed by atoms with E-state index in [0.29, 0.717) is 22.7 Å². The lowest BCUT2D eigenvalue weighted by Gasteiger charge is -2.35. The Morgan fingerprint density at radius 2 is 1.60 bits per heavy atom. The zero-order valence-corrected chi connectivity index (χ0v) is 24.2. The van der Waals surface area contributed by atoms with Gasteiger partial charge in [0.2, 0.25) is 5.91 Å². The molecule has 43 heavy (non-hydrogen) atoms. The van der Waals surface area contributed by atoms with E-state index in [2.05, 4.69) is 16.4 Å². The summed E-state index contributed by atoms with van der Waals surface area (Å²) in [6.07, 6.45) is 3.40. The van der Waals surface area contributed by atoms with Crippen molar-refractivity contribution in [3.8, 4) is 17.2 Å². The molecule has 1 fully saturated rings. The number of hydrogen-bond donors (Lipinski definition) is 2. The van der Waals surface area contributed by atoms with E-state index in [1.165, 1.54) is 31.7 Å². The van der Waals surface area contributed by atoms with Crippen molar-refractivity contribution in [1.82, 2.24) is 5.43 Å². The van der Waals surface area contributed by atoms with Gasteiger partial charge in [0.1, 0.15) is 28.6 Å². The third-order valence-corrected chi connectivity index (χ3v) is 7.38. The Hall–Kier alpha value is -5.05. The van der Waals surface area contributed by atoms with Gasteiger partial charge in [0.15, 0.2) is 0 Å². The summed E-state index contributed by atoms with van der Waals surface area (Å²) < 4.78 is 24.5. The molecule has 4 aromatic rings. The number of methoxy groups -OCH3 is 1. The van der Waals surface area contributed by atoms with Gasteiger partial charge in [-0.05, 0) is 104 Å². The second-order valence-corrected chi connectivity index (χ2v) is 10.4. The van der Waals surface area contributed by atoms with Gasteiger partial charge < -0.3 is 19.5 Å². The largest absolute Gasteiger partial charge is 0.496 e. The third kappa shape index (κ3) is 7.06. The molecule has 0 spiro atoms. The van der Waals surface area contributed by atoms with Crippen LogP contribution in [0.4, 0.5) is 21.5 Å². The number of amides is 1. The number of carboxylic acid groups (broad SMARTS) is 1. The van der Waals surface area contributed by atoms with Crippen LogP contribution in [0, 0.1) is 12.7 Å². The monoisotopic (exact) mass is 583 g/mol. The predicted octanol–water partition coefficient (Wildman–Crippen LogP) is 7.04. The lowest BCUT2D eigenvalue weighted by Crippen LogP contribution is -2.41. The molecule has 9 heteroatoms. The number of piperidine rings is 1. The number of ether oxygens (including phenoxy) is 2. The van der Waals surface area contributed by atoms with Gasteiger partial charge in [0.25, 0.3) is 0 Å². The smallest absolute Gasteiger partial charge is 0.339 e. The van der Waals surface area contributed by atoms with Crippen molar-refractivity contribution in [2.75, 3.05) is 30.1 Å². The number of anilines is 3. The number of nitrogens with zero attached hydrogens (tertiary/aromatic N) is 2. The van der Waals surface area contributed by atoms with E-state index in [1.807, 2.05) is 31.2 Å². The molecule has 4 aromatic carbocycles. The van der Waals surface area contributed by atoms with E-state index in [9.17, 15) is 19.1 Å². The predicted molar refractivity (Wildman–Crippen MR) is 164 cm³/mol. The van der Waals surface area contributed by atoms with E-state index in [-0.39, 0.29) is 29.5 Å². The van der Waals surface area contributed by atoms with Crippen LogP contribution >= 0.6 is 0 Å². The lowest BCUT2D eigenvalue weighted by atomic mass is 10.1. The molecule has 5 rings (SSSR count). The number of carboxylic acids is 1. The number of carbonyl (C=O) groups excluding carboxylic acids is 1. The molecular weight excluding hydrogens is 549 g/mol. The molecule has 0 bridgehead atoms. The van der Waals surface area contributed by atoms with Crippen LogP contribution in [0.5, 0.6) is 17.2 Å². The summed E-state index contributed by atoms with van der Waals surface area (Å²) in [4.78, 5) is 27.4. The Kier molecular flexibility index (Phi) is 9.10. The van der Waals surface area contributed by atoms with Gasteiger partial charge in [-0.15, -0.1) is 0 Å². The minimum Gasteiger partial charge on any atom is -0.496 e. The first-order valence-electron chi connectivity index (χ1n) is 14.2. The highest BCUT2D eigenvalue weighted by Gasteiger charge is 2.23. The number of benzene rings is 4. The minimum atomic E-state index is -1.10. The molecule has 0 aliphatic carbocycles. The van der Waals surface area contributed by atoms with Crippen molar-refractivity contribution < 1.29 is 28.6 Å². The van der Waals surface area contributed by atoms with E-state index < -0.39 is 5.97 Å². The SMILES string of the molecule is COc1cc(CC(=O)NN(c2ccc(Oc3ccc(F)cc3)cc2)c2c(C)cccc2N2CCCCC2)ccc1C(=O)O. The Bertz CT molecular complexity index is 1590. The zero-order valence-electron chi connectivity index (χ0n) is 24.2. The van der Waals surface area contributed by atoms with Crippen LogP contribution in [0.3, 0.4) is 0 Å². The number of hydrazine groups is 1. The molecule has 0 unspecified atom stereocenters. The Balaban J connectivity index is 1.46. The Morgan fingerprint density at radius 1 is 0.930 bits per heavy atom. The number of carbonyl (C=O) groups is 2. The quantitative estimate of drug-likeness (QED) is 0.194. The molecule has 2 N–H and O–H groups in total. The molecule has 1 amide bonds. The maximum Gasteiger partial charge on any atom is 0.339 e. The van der Waals surface area contributed by atoms with Crippen LogP contribution in [0.25, 0.3) is 0 Å². The molecule has 0 radical (unpaired) electrons. The fraction of sp³-hybridized carbons (Fsp3) is 0.235. The minimum absolute atomic E-state index is 0.00342. The highest BCUT2D eigenvalue weighted by Crippen LogP contribution is 2.38. The van der Waals surface area contributed by atoms with Gasteiger partial charge in [-0.25, -0.2) is 9.18 Å². The van der Waals surface area contributed by atoms with Crippen LogP contribution in [-0.2, 0) is 11.2 Å². The molecular formula is C34H34FN3O5. The van der Waals surface area contributed by atoms with Crippen LogP contribution in [0.15, 0.2) is 84.9 Å². The summed E-state index contributed by atoms with van der Waals surface area (Å²) in [6, 6.07) is 23.9. The second kappa shape index (κ2) is 13.3. The fourth-order valence-electron chi connectivity index (χ4n) is 5.25. The first-order chi connectivity index (χ1) is 20.8. The van der Waals surface area contributed by atoms with E-state index >= 15 is 0 Å². The maximum absolute atomic E-state index is 13.5.